The van der Waals surface area contributed by atoms with Crippen molar-refractivity contribution in [3.8, 4) is 34.5 Å². The van der Waals surface area contributed by atoms with E-state index in [2.05, 4.69) is 13.8 Å². The number of phenols is 1. The van der Waals surface area contributed by atoms with Crippen LogP contribution in [0.25, 0.3) is 0 Å². The minimum absolute atomic E-state index is 0.227. The summed E-state index contributed by atoms with van der Waals surface area (Å²) in [5.41, 5.74) is 16.1. The molecule has 3 aliphatic carbocycles. The van der Waals surface area contributed by atoms with E-state index in [4.69, 9.17) is 53.2 Å². The number of aliphatic carboxylic acids is 1. The first-order valence-electron chi connectivity index (χ1n) is 31.5. The molecule has 3 aromatic carbocycles. The Morgan fingerprint density at radius 1 is 0.494 bits per heavy atom. The van der Waals surface area contributed by atoms with E-state index in [1.54, 1.807) is 34.1 Å². The normalized spacial score (nSPS) is 15.4. The molecule has 470 valence electrons. The molecule has 3 heterocycles. The lowest BCUT2D eigenvalue weighted by molar-refractivity contribution is -0.150. The number of carbonyl (C=O) groups is 2. The Balaban J connectivity index is 0.000000188. The molecule has 6 aromatic rings. The Bertz CT molecular complexity index is 3150. The van der Waals surface area contributed by atoms with Crippen molar-refractivity contribution in [1.82, 2.24) is 15.0 Å². The molecule has 3 N–H and O–H groups in total. The van der Waals surface area contributed by atoms with Crippen LogP contribution >= 0.6 is 0 Å². The zero-order valence-corrected chi connectivity index (χ0v) is 53.5. The molecule has 0 amide bonds. The van der Waals surface area contributed by atoms with Gasteiger partial charge in [-0.25, -0.2) is 9.59 Å². The summed E-state index contributed by atoms with van der Waals surface area (Å²) < 4.78 is 38.2. The van der Waals surface area contributed by atoms with Gasteiger partial charge in [-0.05, 0) is 224 Å². The molecule has 3 aliphatic rings. The van der Waals surface area contributed by atoms with Crippen molar-refractivity contribution in [2.24, 2.45) is 0 Å². The number of aromatic nitrogens is 3. The first-order valence-corrected chi connectivity index (χ1v) is 31.5. The summed E-state index contributed by atoms with van der Waals surface area (Å²) in [6.45, 7) is 18.1. The number of pyridine rings is 3. The average molecular weight is 1190 g/mol. The summed E-state index contributed by atoms with van der Waals surface area (Å²) in [5.74, 6) is 3.46. The lowest BCUT2D eigenvalue weighted by atomic mass is 9.86. The van der Waals surface area contributed by atoms with E-state index >= 15 is 0 Å². The van der Waals surface area contributed by atoms with Gasteiger partial charge < -0.3 is 48.5 Å². The number of benzene rings is 3. The third-order valence-corrected chi connectivity index (χ3v) is 17.2. The number of aryl methyl sites for hydroxylation is 6. The Labute approximate surface area is 516 Å². The Kier molecular flexibility index (Phi) is 25.7. The van der Waals surface area contributed by atoms with E-state index in [0.717, 1.165) is 123 Å². The number of esters is 1. The summed E-state index contributed by atoms with van der Waals surface area (Å²) in [6, 6.07) is 23.2. The van der Waals surface area contributed by atoms with Crippen LogP contribution in [0.5, 0.6) is 34.5 Å². The van der Waals surface area contributed by atoms with Crippen LogP contribution in [-0.2, 0) is 43.1 Å². The fraction of sp³-hybridized carbons (Fsp3) is 0.514. The number of carboxylic acids is 1. The third kappa shape index (κ3) is 19.4. The van der Waals surface area contributed by atoms with Gasteiger partial charge in [0.25, 0.3) is 0 Å². The number of aromatic hydroxyl groups is 2. The zero-order chi connectivity index (χ0) is 62.6. The summed E-state index contributed by atoms with van der Waals surface area (Å²) in [5, 5.41) is 29.1. The third-order valence-electron chi connectivity index (χ3n) is 17.2. The maximum atomic E-state index is 11.9. The van der Waals surface area contributed by atoms with Gasteiger partial charge in [0.15, 0.2) is 25.8 Å². The molecule has 0 radical (unpaired) electrons. The molecule has 15 heteroatoms. The molecule has 87 heavy (non-hydrogen) atoms. The maximum absolute atomic E-state index is 11.9. The van der Waals surface area contributed by atoms with Gasteiger partial charge in [0.1, 0.15) is 34.5 Å². The van der Waals surface area contributed by atoms with Crippen molar-refractivity contribution in [3.63, 3.8) is 0 Å². The van der Waals surface area contributed by atoms with Gasteiger partial charge in [-0.15, -0.1) is 0 Å². The fourth-order valence-corrected chi connectivity index (χ4v) is 12.5. The summed E-state index contributed by atoms with van der Waals surface area (Å²) >= 11 is 0. The SMILES string of the molecule is CCOC(=O)C(C)Oc1cc(C)c(Cc2ccc(OCOC)c(C3CCCCC3)n2)c(C)c1.COCOc1ccc(Cc2c(C)cc(O)cc2C)nc1C1CCCCC1.Cc1cc(OC(C)C(=O)O)cc(C)c1Cc1ccc(O)c(C2CCCCC2)n1. The summed E-state index contributed by atoms with van der Waals surface area (Å²) in [7, 11) is 3.27. The van der Waals surface area contributed by atoms with E-state index in [1.165, 1.54) is 88.7 Å². The number of ether oxygens (including phenoxy) is 7. The molecule has 15 nitrogen and oxygen atoms in total. The van der Waals surface area contributed by atoms with E-state index in [9.17, 15) is 19.8 Å². The molecule has 2 unspecified atom stereocenters. The predicted molar refractivity (Wildman–Crippen MR) is 339 cm³/mol. The lowest BCUT2D eigenvalue weighted by Crippen LogP contribution is -2.26. The largest absolute Gasteiger partial charge is 0.508 e. The molecule has 3 aromatic heterocycles. The van der Waals surface area contributed by atoms with Crippen LogP contribution in [0.15, 0.2) is 72.8 Å². The standard InChI is InChI=1S/C27H37NO5.C23H29NO4.C22H29NO3/c1-6-31-27(29)20(4)33-23-14-18(2)24(19(3)15-23)16-22-12-13-25(32-17-30-5)26(28-22)21-10-8-7-9-11-21;1-14-11-19(28-16(3)23(26)27)12-15(2)20(14)13-18-9-10-21(25)22(24-18)17-7-5-4-6-8-17;1-15-11-19(24)12-16(2)20(15)13-18-9-10-21(26-14-25-3)22(23-18)17-7-5-4-6-8-17/h12-15,20-21H,6-11,16-17H2,1-5H3;9-12,16-17,25H,4-8,13H2,1-3H3,(H,26,27);9-12,17,24H,4-8,13-14H2,1-3H3. The van der Waals surface area contributed by atoms with E-state index in [1.807, 2.05) is 94.4 Å². The number of hydrogen-bond acceptors (Lipinski definition) is 14. The minimum Gasteiger partial charge on any atom is -0.508 e. The van der Waals surface area contributed by atoms with Crippen LogP contribution in [-0.4, -0.2) is 88.8 Å². The van der Waals surface area contributed by atoms with Crippen molar-refractivity contribution < 1.29 is 58.1 Å². The van der Waals surface area contributed by atoms with Crippen LogP contribution in [0.4, 0.5) is 0 Å². The quantitative estimate of drug-likeness (QED) is 0.0428. The van der Waals surface area contributed by atoms with Gasteiger partial charge in [0.2, 0.25) is 0 Å². The van der Waals surface area contributed by atoms with Crippen LogP contribution in [0, 0.1) is 41.5 Å². The number of phenolic OH excluding ortho intramolecular Hbond substituents is 1. The topological polar surface area (TPSA) is 198 Å². The van der Waals surface area contributed by atoms with Crippen LogP contribution in [0.2, 0.25) is 0 Å². The number of rotatable bonds is 22. The van der Waals surface area contributed by atoms with Crippen LogP contribution in [0.3, 0.4) is 0 Å². The van der Waals surface area contributed by atoms with Crippen molar-refractivity contribution in [2.45, 2.75) is 208 Å². The molecule has 3 saturated carbocycles. The summed E-state index contributed by atoms with van der Waals surface area (Å²) in [6.07, 6.45) is 18.8. The van der Waals surface area contributed by atoms with Gasteiger partial charge in [0.05, 0.1) is 23.7 Å². The molecule has 0 aliphatic heterocycles. The fourth-order valence-electron chi connectivity index (χ4n) is 12.5. The zero-order valence-electron chi connectivity index (χ0n) is 53.5. The predicted octanol–water partition coefficient (Wildman–Crippen LogP) is 15.6. The smallest absolute Gasteiger partial charge is 0.347 e. The second-order valence-corrected chi connectivity index (χ2v) is 24.0. The van der Waals surface area contributed by atoms with E-state index in [-0.39, 0.29) is 19.6 Å². The minimum atomic E-state index is -0.983. The second-order valence-electron chi connectivity index (χ2n) is 24.0. The maximum Gasteiger partial charge on any atom is 0.347 e. The lowest BCUT2D eigenvalue weighted by Gasteiger charge is -2.24. The average Bonchev–Trinajstić information content (AvgIpc) is 2.71. The highest BCUT2D eigenvalue weighted by atomic mass is 16.7. The molecule has 0 bridgehead atoms. The van der Waals surface area contributed by atoms with E-state index in [0.29, 0.717) is 53.8 Å². The number of methoxy groups -OCH3 is 2. The number of nitrogens with zero attached hydrogens (tertiary/aromatic N) is 3. The molecule has 9 rings (SSSR count). The van der Waals surface area contributed by atoms with Gasteiger partial charge in [-0.3, -0.25) is 15.0 Å². The second kappa shape index (κ2) is 33.2. The highest BCUT2D eigenvalue weighted by molar-refractivity contribution is 5.74. The van der Waals surface area contributed by atoms with Crippen LogP contribution < -0.4 is 18.9 Å². The monoisotopic (exact) mass is 1190 g/mol. The molecular weight excluding hydrogens is 1100 g/mol. The number of carboxylic acid groups (broad SMARTS) is 1. The highest BCUT2D eigenvalue weighted by Gasteiger charge is 2.26. The molecule has 3 fully saturated rings. The molecule has 0 saturated heterocycles. The molecule has 0 spiro atoms. The van der Waals surface area contributed by atoms with E-state index < -0.39 is 18.2 Å². The first kappa shape index (κ1) is 67.3. The number of carbonyl (C=O) groups excluding carboxylic acids is 1. The number of hydrogen-bond donors (Lipinski definition) is 3. The van der Waals surface area contributed by atoms with Crippen molar-refractivity contribution in [3.05, 3.63) is 157 Å². The van der Waals surface area contributed by atoms with Gasteiger partial charge in [-0.1, -0.05) is 57.8 Å². The van der Waals surface area contributed by atoms with Crippen LogP contribution in [0.1, 0.15) is 219 Å². The highest BCUT2D eigenvalue weighted by Crippen LogP contribution is 2.40. The Hall–Kier alpha value is -7.23. The van der Waals surface area contributed by atoms with Crippen molar-refractivity contribution in [1.29, 1.82) is 0 Å². The summed E-state index contributed by atoms with van der Waals surface area (Å²) in [4.78, 5) is 37.8. The van der Waals surface area contributed by atoms with Crippen molar-refractivity contribution in [2.75, 3.05) is 34.4 Å². The first-order chi connectivity index (χ1) is 41.8. The van der Waals surface area contributed by atoms with Gasteiger partial charge >= 0.3 is 11.9 Å². The Morgan fingerprint density at radius 2 is 0.839 bits per heavy atom. The van der Waals surface area contributed by atoms with Gasteiger partial charge in [0, 0.05) is 68.3 Å². The Morgan fingerprint density at radius 3 is 1.21 bits per heavy atom. The van der Waals surface area contributed by atoms with Gasteiger partial charge in [-0.2, -0.15) is 0 Å². The molecule has 2 atom stereocenters. The molecular formula is C72H95N3O12. The van der Waals surface area contributed by atoms with Crippen molar-refractivity contribution >= 4 is 11.9 Å².